The lowest BCUT2D eigenvalue weighted by atomic mass is 10.0. The highest BCUT2D eigenvalue weighted by Gasteiger charge is 2.29. The van der Waals surface area contributed by atoms with Gasteiger partial charge in [-0.15, -0.1) is 0 Å². The largest absolute Gasteiger partial charge is 0.456 e. The molecule has 0 aliphatic heterocycles. The number of carbonyl (C=O) groups is 1. The topological polar surface area (TPSA) is 26.3 Å². The van der Waals surface area contributed by atoms with Gasteiger partial charge in [0.2, 0.25) is 0 Å². The molecule has 0 radical (unpaired) electrons. The lowest BCUT2D eigenvalue weighted by molar-refractivity contribution is -0.186. The summed E-state index contributed by atoms with van der Waals surface area (Å²) in [7, 11) is 0. The molecule has 0 fully saturated rings. The van der Waals surface area contributed by atoms with E-state index in [1.165, 1.54) is 57.8 Å². The van der Waals surface area contributed by atoms with Crippen LogP contribution in [0, 0.1) is 0 Å². The third kappa shape index (κ3) is 19.2. The average Bonchev–Trinajstić information content (AvgIpc) is 2.49. The van der Waals surface area contributed by atoms with Gasteiger partial charge in [-0.3, -0.25) is 4.79 Å². The first kappa shape index (κ1) is 22.3. The highest BCUT2D eigenvalue weighted by Crippen LogP contribution is 2.16. The van der Waals surface area contributed by atoms with E-state index in [2.05, 4.69) is 11.7 Å². The molecule has 0 spiro atoms. The molecule has 23 heavy (non-hydrogen) atoms. The standard InChI is InChI=1S/C18H33F3O2/c1-2-3-4-5-6-7-8-9-10-11-12-13-14-15-17(22)23-16-18(19,20)21/h2-16H2,1H3. The van der Waals surface area contributed by atoms with Gasteiger partial charge in [0.1, 0.15) is 0 Å². The highest BCUT2D eigenvalue weighted by molar-refractivity contribution is 5.69. The Morgan fingerprint density at radius 3 is 1.52 bits per heavy atom. The maximum Gasteiger partial charge on any atom is 0.422 e. The number of rotatable bonds is 15. The van der Waals surface area contributed by atoms with E-state index in [4.69, 9.17) is 0 Å². The SMILES string of the molecule is CCCCCCCCCCCCCCCC(=O)OCC(F)(F)F. The van der Waals surface area contributed by atoms with Crippen LogP contribution in [0.2, 0.25) is 0 Å². The Morgan fingerprint density at radius 2 is 1.13 bits per heavy atom. The van der Waals surface area contributed by atoms with Gasteiger partial charge in [-0.25, -0.2) is 0 Å². The van der Waals surface area contributed by atoms with E-state index in [9.17, 15) is 18.0 Å². The van der Waals surface area contributed by atoms with Crippen molar-refractivity contribution in [1.82, 2.24) is 0 Å². The summed E-state index contributed by atoms with van der Waals surface area (Å²) in [6, 6.07) is 0. The molecule has 0 unspecified atom stereocenters. The summed E-state index contributed by atoms with van der Waals surface area (Å²) < 4.78 is 39.6. The third-order valence-electron chi connectivity index (χ3n) is 3.88. The molecule has 0 aromatic rings. The number of alkyl halides is 3. The fraction of sp³-hybridized carbons (Fsp3) is 0.944. The Labute approximate surface area is 139 Å². The lowest BCUT2D eigenvalue weighted by Gasteiger charge is -2.07. The van der Waals surface area contributed by atoms with Crippen molar-refractivity contribution in [2.45, 2.75) is 103 Å². The molecule has 0 saturated heterocycles. The molecule has 138 valence electrons. The van der Waals surface area contributed by atoms with Crippen molar-refractivity contribution in [3.8, 4) is 0 Å². The molecule has 2 nitrogen and oxygen atoms in total. The van der Waals surface area contributed by atoms with Crippen LogP contribution in [-0.2, 0) is 9.53 Å². The number of ether oxygens (including phenoxy) is 1. The minimum absolute atomic E-state index is 0.0911. The number of halogens is 3. The predicted octanol–water partition coefficient (Wildman–Crippen LogP) is 6.57. The number of unbranched alkanes of at least 4 members (excludes halogenated alkanes) is 12. The van der Waals surface area contributed by atoms with E-state index in [0.29, 0.717) is 6.42 Å². The normalized spacial score (nSPS) is 11.7. The van der Waals surface area contributed by atoms with Crippen LogP contribution in [0.5, 0.6) is 0 Å². The molecule has 0 saturated carbocycles. The lowest BCUT2D eigenvalue weighted by Crippen LogP contribution is -2.20. The summed E-state index contributed by atoms with van der Waals surface area (Å²) in [4.78, 5) is 11.1. The second kappa shape index (κ2) is 14.8. The van der Waals surface area contributed by atoms with Crippen molar-refractivity contribution in [1.29, 1.82) is 0 Å². The Morgan fingerprint density at radius 1 is 0.739 bits per heavy atom. The number of hydrogen-bond acceptors (Lipinski definition) is 2. The van der Waals surface area contributed by atoms with Gasteiger partial charge in [-0.2, -0.15) is 13.2 Å². The van der Waals surface area contributed by atoms with Gasteiger partial charge < -0.3 is 4.74 Å². The Kier molecular flexibility index (Phi) is 14.4. The molecule has 0 aromatic carbocycles. The van der Waals surface area contributed by atoms with Crippen molar-refractivity contribution in [2.75, 3.05) is 6.61 Å². The van der Waals surface area contributed by atoms with E-state index in [0.717, 1.165) is 19.3 Å². The van der Waals surface area contributed by atoms with Gasteiger partial charge >= 0.3 is 12.1 Å². The van der Waals surface area contributed by atoms with E-state index < -0.39 is 18.8 Å². The van der Waals surface area contributed by atoms with Crippen LogP contribution in [0.4, 0.5) is 13.2 Å². The molecule has 0 aliphatic rings. The minimum Gasteiger partial charge on any atom is -0.456 e. The van der Waals surface area contributed by atoms with E-state index in [-0.39, 0.29) is 6.42 Å². The zero-order chi connectivity index (χ0) is 17.4. The van der Waals surface area contributed by atoms with Gasteiger partial charge in [0.25, 0.3) is 0 Å². The number of esters is 1. The van der Waals surface area contributed by atoms with Crippen molar-refractivity contribution < 1.29 is 22.7 Å². The van der Waals surface area contributed by atoms with Crippen molar-refractivity contribution in [2.24, 2.45) is 0 Å². The molecule has 0 aliphatic carbocycles. The first-order valence-corrected chi connectivity index (χ1v) is 9.18. The zero-order valence-electron chi connectivity index (χ0n) is 14.6. The summed E-state index contributed by atoms with van der Waals surface area (Å²) in [5.41, 5.74) is 0. The van der Waals surface area contributed by atoms with Gasteiger partial charge in [0.15, 0.2) is 6.61 Å². The van der Waals surface area contributed by atoms with Crippen LogP contribution < -0.4 is 0 Å². The predicted molar refractivity (Wildman–Crippen MR) is 87.3 cm³/mol. The van der Waals surface area contributed by atoms with Gasteiger partial charge in [-0.1, -0.05) is 84.0 Å². The maximum absolute atomic E-state index is 11.8. The van der Waals surface area contributed by atoms with Crippen LogP contribution in [-0.4, -0.2) is 18.8 Å². The van der Waals surface area contributed by atoms with Crippen LogP contribution in [0.1, 0.15) is 96.8 Å². The van der Waals surface area contributed by atoms with E-state index in [1.54, 1.807) is 0 Å². The van der Waals surface area contributed by atoms with Crippen molar-refractivity contribution >= 4 is 5.97 Å². The molecule has 0 N–H and O–H groups in total. The van der Waals surface area contributed by atoms with Crippen LogP contribution in [0.3, 0.4) is 0 Å². The molecule has 0 heterocycles. The Balaban J connectivity index is 3.17. The highest BCUT2D eigenvalue weighted by atomic mass is 19.4. The molecule has 0 atom stereocenters. The Hall–Kier alpha value is -0.740. The van der Waals surface area contributed by atoms with Gasteiger partial charge in [0, 0.05) is 6.42 Å². The first-order valence-electron chi connectivity index (χ1n) is 9.18. The smallest absolute Gasteiger partial charge is 0.422 e. The number of carbonyl (C=O) groups excluding carboxylic acids is 1. The van der Waals surface area contributed by atoms with Gasteiger partial charge in [0.05, 0.1) is 0 Å². The fourth-order valence-corrected chi connectivity index (χ4v) is 2.52. The molecule has 0 aromatic heterocycles. The quantitative estimate of drug-likeness (QED) is 0.249. The van der Waals surface area contributed by atoms with Crippen LogP contribution >= 0.6 is 0 Å². The maximum atomic E-state index is 11.8. The van der Waals surface area contributed by atoms with Gasteiger partial charge in [-0.05, 0) is 6.42 Å². The minimum atomic E-state index is -4.42. The molecule has 5 heteroatoms. The fourth-order valence-electron chi connectivity index (χ4n) is 2.52. The van der Waals surface area contributed by atoms with Crippen LogP contribution in [0.25, 0.3) is 0 Å². The summed E-state index contributed by atoms with van der Waals surface area (Å²) in [6.45, 7) is 0.760. The van der Waals surface area contributed by atoms with E-state index >= 15 is 0 Å². The average molecular weight is 338 g/mol. The van der Waals surface area contributed by atoms with E-state index in [1.807, 2.05) is 0 Å². The zero-order valence-corrected chi connectivity index (χ0v) is 14.6. The molecule has 0 rings (SSSR count). The molecular formula is C18H33F3O2. The summed E-state index contributed by atoms with van der Waals surface area (Å²) in [5, 5.41) is 0. The second-order valence-corrected chi connectivity index (χ2v) is 6.27. The summed E-state index contributed by atoms with van der Waals surface area (Å²) in [6.07, 6.45) is 11.2. The van der Waals surface area contributed by atoms with Crippen LogP contribution in [0.15, 0.2) is 0 Å². The molecule has 0 bridgehead atoms. The van der Waals surface area contributed by atoms with Crippen molar-refractivity contribution in [3.63, 3.8) is 0 Å². The summed E-state index contributed by atoms with van der Waals surface area (Å²) >= 11 is 0. The monoisotopic (exact) mass is 338 g/mol. The Bertz CT molecular complexity index is 278. The first-order chi connectivity index (χ1) is 11.0. The number of hydrogen-bond donors (Lipinski definition) is 0. The third-order valence-corrected chi connectivity index (χ3v) is 3.88. The molecular weight excluding hydrogens is 305 g/mol. The molecule has 0 amide bonds. The second-order valence-electron chi connectivity index (χ2n) is 6.27. The van der Waals surface area contributed by atoms with Crippen molar-refractivity contribution in [3.05, 3.63) is 0 Å². The summed E-state index contributed by atoms with van der Waals surface area (Å²) in [5.74, 6) is -0.745.